The Bertz CT molecular complexity index is 430. The van der Waals surface area contributed by atoms with Gasteiger partial charge in [0.15, 0.2) is 0 Å². The summed E-state index contributed by atoms with van der Waals surface area (Å²) in [5, 5.41) is 13.9. The molecule has 1 aliphatic heterocycles. The van der Waals surface area contributed by atoms with Crippen LogP contribution in [-0.4, -0.2) is 36.6 Å². The highest BCUT2D eigenvalue weighted by Gasteiger charge is 2.38. The zero-order valence-electron chi connectivity index (χ0n) is 12.6. The molecule has 4 nitrogen and oxygen atoms in total. The lowest BCUT2D eigenvalue weighted by atomic mass is 9.84. The predicted molar refractivity (Wildman–Crippen MR) is 78.9 cm³/mol. The monoisotopic (exact) mass is 279 g/mol. The van der Waals surface area contributed by atoms with Crippen LogP contribution in [0, 0.1) is 0 Å². The van der Waals surface area contributed by atoms with E-state index in [1.807, 2.05) is 38.1 Å². The van der Waals surface area contributed by atoms with Crippen LogP contribution >= 0.6 is 0 Å². The molecule has 1 atom stereocenters. The van der Waals surface area contributed by atoms with Crippen LogP contribution in [0.3, 0.4) is 0 Å². The predicted octanol–water partition coefficient (Wildman–Crippen LogP) is 2.10. The molecule has 1 heterocycles. The van der Waals surface area contributed by atoms with Gasteiger partial charge in [-0.1, -0.05) is 12.1 Å². The maximum Gasteiger partial charge on any atom is 0.118 e. The van der Waals surface area contributed by atoms with Gasteiger partial charge in [-0.3, -0.25) is 0 Å². The molecule has 2 N–H and O–H groups in total. The van der Waals surface area contributed by atoms with Crippen LogP contribution in [0.4, 0.5) is 0 Å². The van der Waals surface area contributed by atoms with E-state index >= 15 is 0 Å². The van der Waals surface area contributed by atoms with Gasteiger partial charge in [0, 0.05) is 25.9 Å². The normalized spacial score (nSPS) is 25.4. The summed E-state index contributed by atoms with van der Waals surface area (Å²) in [6.07, 6.45) is 1.35. The lowest BCUT2D eigenvalue weighted by Gasteiger charge is -2.41. The van der Waals surface area contributed by atoms with Gasteiger partial charge in [0.1, 0.15) is 5.75 Å². The van der Waals surface area contributed by atoms with E-state index < -0.39 is 5.60 Å². The van der Waals surface area contributed by atoms with Crippen molar-refractivity contribution in [1.29, 1.82) is 0 Å². The van der Waals surface area contributed by atoms with Crippen molar-refractivity contribution in [1.82, 2.24) is 5.32 Å². The minimum Gasteiger partial charge on any atom is -0.497 e. The van der Waals surface area contributed by atoms with E-state index in [9.17, 15) is 5.11 Å². The number of benzene rings is 1. The molecule has 0 aliphatic carbocycles. The van der Waals surface area contributed by atoms with Crippen molar-refractivity contribution >= 4 is 0 Å². The first-order valence-electron chi connectivity index (χ1n) is 7.13. The summed E-state index contributed by atoms with van der Waals surface area (Å²) in [5.41, 5.74) is 0.268. The summed E-state index contributed by atoms with van der Waals surface area (Å²) in [7, 11) is 1.66. The summed E-state index contributed by atoms with van der Waals surface area (Å²) in [5.74, 6) is 0.860. The summed E-state index contributed by atoms with van der Waals surface area (Å²) in [4.78, 5) is 0. The van der Waals surface area contributed by atoms with Gasteiger partial charge in [0.2, 0.25) is 0 Å². The van der Waals surface area contributed by atoms with Crippen LogP contribution in [0.25, 0.3) is 0 Å². The Balaban J connectivity index is 1.82. The number of hydrogen-bond acceptors (Lipinski definition) is 4. The lowest BCUT2D eigenvalue weighted by Crippen LogP contribution is -2.51. The van der Waals surface area contributed by atoms with E-state index in [0.717, 1.165) is 12.3 Å². The topological polar surface area (TPSA) is 50.7 Å². The molecule has 2 rings (SSSR count). The smallest absolute Gasteiger partial charge is 0.118 e. The average Bonchev–Trinajstić information content (AvgIpc) is 2.38. The molecule has 1 aliphatic rings. The fraction of sp³-hybridized carbons (Fsp3) is 0.625. The first-order valence-corrected chi connectivity index (χ1v) is 7.13. The molecule has 4 heteroatoms. The highest BCUT2D eigenvalue weighted by atomic mass is 16.5. The maximum atomic E-state index is 10.6. The Morgan fingerprint density at radius 2 is 2.00 bits per heavy atom. The van der Waals surface area contributed by atoms with Crippen LogP contribution in [0.1, 0.15) is 32.3 Å². The first kappa shape index (κ1) is 15.3. The first-order chi connectivity index (χ1) is 9.42. The Hall–Kier alpha value is -1.10. The zero-order chi connectivity index (χ0) is 14.6. The van der Waals surface area contributed by atoms with Crippen molar-refractivity contribution in [3.8, 4) is 5.75 Å². The number of aliphatic hydroxyl groups is 1. The van der Waals surface area contributed by atoms with Crippen molar-refractivity contribution in [2.45, 2.75) is 44.4 Å². The van der Waals surface area contributed by atoms with Gasteiger partial charge < -0.3 is 19.9 Å². The second-order valence-corrected chi connectivity index (χ2v) is 6.21. The molecular weight excluding hydrogens is 254 g/mol. The molecule has 0 radical (unpaired) electrons. The number of methoxy groups -OCH3 is 1. The molecule has 112 valence electrons. The van der Waals surface area contributed by atoms with Crippen molar-refractivity contribution in [2.24, 2.45) is 0 Å². The Kier molecular flexibility index (Phi) is 4.68. The standard InChI is InChI=1S/C16H25NO3/c1-15(2)11-16(18,8-9-20-15)12-17-10-13-4-6-14(19-3)7-5-13/h4-7,17-18H,8-12H2,1-3H3/t16-/m1/s1. The SMILES string of the molecule is COc1ccc(CNC[C@@]2(O)CCOC(C)(C)C2)cc1. The van der Waals surface area contributed by atoms with Gasteiger partial charge >= 0.3 is 0 Å². The highest BCUT2D eigenvalue weighted by molar-refractivity contribution is 5.27. The number of nitrogens with one attached hydrogen (secondary N) is 1. The molecule has 1 aromatic carbocycles. The third-order valence-electron chi connectivity index (χ3n) is 3.76. The van der Waals surface area contributed by atoms with E-state index in [1.165, 1.54) is 5.56 Å². The molecular formula is C16H25NO3. The number of ether oxygens (including phenoxy) is 2. The maximum absolute atomic E-state index is 10.6. The summed E-state index contributed by atoms with van der Waals surface area (Å²) in [6.45, 7) is 6.01. The summed E-state index contributed by atoms with van der Waals surface area (Å²) in [6, 6.07) is 7.96. The van der Waals surface area contributed by atoms with Crippen molar-refractivity contribution in [3.05, 3.63) is 29.8 Å². The van der Waals surface area contributed by atoms with Crippen LogP contribution in [-0.2, 0) is 11.3 Å². The lowest BCUT2D eigenvalue weighted by molar-refractivity contribution is -0.142. The molecule has 0 unspecified atom stereocenters. The van der Waals surface area contributed by atoms with E-state index in [-0.39, 0.29) is 5.60 Å². The summed E-state index contributed by atoms with van der Waals surface area (Å²) < 4.78 is 10.8. The molecule has 0 aromatic heterocycles. The molecule has 1 fully saturated rings. The van der Waals surface area contributed by atoms with Crippen LogP contribution in [0.15, 0.2) is 24.3 Å². The zero-order valence-corrected chi connectivity index (χ0v) is 12.6. The molecule has 0 spiro atoms. The molecule has 1 aromatic rings. The van der Waals surface area contributed by atoms with Crippen molar-refractivity contribution in [2.75, 3.05) is 20.3 Å². The third kappa shape index (κ3) is 4.20. The van der Waals surface area contributed by atoms with Crippen LogP contribution in [0.5, 0.6) is 5.75 Å². The van der Waals surface area contributed by atoms with Crippen molar-refractivity contribution < 1.29 is 14.6 Å². The van der Waals surface area contributed by atoms with E-state index in [1.54, 1.807) is 7.11 Å². The van der Waals surface area contributed by atoms with E-state index in [4.69, 9.17) is 9.47 Å². The largest absolute Gasteiger partial charge is 0.497 e. The quantitative estimate of drug-likeness (QED) is 0.866. The van der Waals surface area contributed by atoms with Crippen LogP contribution < -0.4 is 10.1 Å². The van der Waals surface area contributed by atoms with Gasteiger partial charge in [-0.05, 0) is 31.5 Å². The minimum absolute atomic E-state index is 0.241. The van der Waals surface area contributed by atoms with Gasteiger partial charge in [0.05, 0.1) is 24.9 Å². The molecule has 1 saturated heterocycles. The third-order valence-corrected chi connectivity index (χ3v) is 3.76. The fourth-order valence-electron chi connectivity index (χ4n) is 2.78. The van der Waals surface area contributed by atoms with Gasteiger partial charge in [-0.15, -0.1) is 0 Å². The van der Waals surface area contributed by atoms with Gasteiger partial charge in [0.25, 0.3) is 0 Å². The summed E-state index contributed by atoms with van der Waals surface area (Å²) >= 11 is 0. The fourth-order valence-corrected chi connectivity index (χ4v) is 2.78. The van der Waals surface area contributed by atoms with Gasteiger partial charge in [-0.2, -0.15) is 0 Å². The molecule has 0 amide bonds. The second-order valence-electron chi connectivity index (χ2n) is 6.21. The Morgan fingerprint density at radius 1 is 1.30 bits per heavy atom. The number of hydrogen-bond donors (Lipinski definition) is 2. The Labute approximate surface area is 121 Å². The second kappa shape index (κ2) is 6.12. The molecule has 20 heavy (non-hydrogen) atoms. The molecule has 0 saturated carbocycles. The van der Waals surface area contributed by atoms with Crippen molar-refractivity contribution in [3.63, 3.8) is 0 Å². The Morgan fingerprint density at radius 3 is 2.60 bits per heavy atom. The molecule has 0 bridgehead atoms. The highest BCUT2D eigenvalue weighted by Crippen LogP contribution is 2.31. The van der Waals surface area contributed by atoms with Crippen LogP contribution in [0.2, 0.25) is 0 Å². The average molecular weight is 279 g/mol. The van der Waals surface area contributed by atoms with E-state index in [2.05, 4.69) is 5.32 Å². The van der Waals surface area contributed by atoms with E-state index in [0.29, 0.717) is 26.0 Å². The minimum atomic E-state index is -0.672. The van der Waals surface area contributed by atoms with Gasteiger partial charge in [-0.25, -0.2) is 0 Å². The number of rotatable bonds is 5.